The molecule has 2 fully saturated rings. The number of imidazole rings is 1. The molecule has 3 nitrogen and oxygen atoms in total. The van der Waals surface area contributed by atoms with E-state index in [4.69, 9.17) is 0 Å². The van der Waals surface area contributed by atoms with Crippen molar-refractivity contribution in [2.75, 3.05) is 13.1 Å². The number of hydrogen-bond acceptors (Lipinski definition) is 2. The van der Waals surface area contributed by atoms with Crippen molar-refractivity contribution in [2.45, 2.75) is 51.6 Å². The van der Waals surface area contributed by atoms with Crippen LogP contribution in [0.4, 0.5) is 0 Å². The fourth-order valence-electron chi connectivity index (χ4n) is 3.93. The Balaban J connectivity index is 1.41. The third-order valence-electron chi connectivity index (χ3n) is 5.32. The summed E-state index contributed by atoms with van der Waals surface area (Å²) in [6.07, 6.45) is 7.41. The normalized spacial score (nSPS) is 22.4. The number of rotatable bonds is 5. The third-order valence-corrected chi connectivity index (χ3v) is 5.32. The number of hydrogen-bond donors (Lipinski definition) is 0. The number of piperidine rings is 1. The number of benzene rings is 1. The Morgan fingerprint density at radius 3 is 2.74 bits per heavy atom. The minimum Gasteiger partial charge on any atom is -0.332 e. The predicted octanol–water partition coefficient (Wildman–Crippen LogP) is 3.98. The van der Waals surface area contributed by atoms with Crippen molar-refractivity contribution in [3.8, 4) is 0 Å². The number of aryl methyl sites for hydroxylation is 1. The summed E-state index contributed by atoms with van der Waals surface area (Å²) in [4.78, 5) is 7.31. The molecule has 0 bridgehead atoms. The van der Waals surface area contributed by atoms with Gasteiger partial charge in [0.05, 0.1) is 0 Å². The number of nitrogens with zero attached hydrogens (tertiary/aromatic N) is 3. The van der Waals surface area contributed by atoms with Crippen molar-refractivity contribution >= 4 is 0 Å². The summed E-state index contributed by atoms with van der Waals surface area (Å²) in [7, 11) is 0. The van der Waals surface area contributed by atoms with Gasteiger partial charge in [-0.15, -0.1) is 0 Å². The standard InChI is InChI=1S/C20H27N3/c1-16-12-21-20(19-9-10-19)23(16)15-18-8-5-11-22(14-18)13-17-6-3-2-4-7-17/h2-4,6-7,12,18-19H,5,8-11,13-15H2,1H3. The molecule has 4 rings (SSSR count). The highest BCUT2D eigenvalue weighted by Gasteiger charge is 2.30. The molecule has 1 aliphatic carbocycles. The average molecular weight is 309 g/mol. The van der Waals surface area contributed by atoms with E-state index >= 15 is 0 Å². The van der Waals surface area contributed by atoms with Crippen LogP contribution < -0.4 is 0 Å². The van der Waals surface area contributed by atoms with E-state index in [0.29, 0.717) is 0 Å². The second-order valence-corrected chi connectivity index (χ2v) is 7.37. The molecule has 0 spiro atoms. The van der Waals surface area contributed by atoms with Gasteiger partial charge in [0.2, 0.25) is 0 Å². The molecular weight excluding hydrogens is 282 g/mol. The van der Waals surface area contributed by atoms with Crippen molar-refractivity contribution in [1.29, 1.82) is 0 Å². The lowest BCUT2D eigenvalue weighted by atomic mass is 9.97. The zero-order valence-electron chi connectivity index (χ0n) is 14.1. The summed E-state index contributed by atoms with van der Waals surface area (Å²) in [6.45, 7) is 6.92. The maximum Gasteiger partial charge on any atom is 0.111 e. The summed E-state index contributed by atoms with van der Waals surface area (Å²) in [5, 5.41) is 0. The van der Waals surface area contributed by atoms with E-state index in [1.807, 2.05) is 0 Å². The van der Waals surface area contributed by atoms with Crippen LogP contribution in [0, 0.1) is 12.8 Å². The second-order valence-electron chi connectivity index (χ2n) is 7.37. The van der Waals surface area contributed by atoms with Gasteiger partial charge in [-0.2, -0.15) is 0 Å². The highest BCUT2D eigenvalue weighted by Crippen LogP contribution is 2.40. The van der Waals surface area contributed by atoms with Crippen LogP contribution in [-0.2, 0) is 13.1 Å². The molecule has 1 saturated heterocycles. The first-order valence-corrected chi connectivity index (χ1v) is 9.08. The fourth-order valence-corrected chi connectivity index (χ4v) is 3.93. The fraction of sp³-hybridized carbons (Fsp3) is 0.550. The zero-order chi connectivity index (χ0) is 15.6. The molecule has 2 aromatic rings. The highest BCUT2D eigenvalue weighted by molar-refractivity contribution is 5.15. The minimum absolute atomic E-state index is 0.743. The summed E-state index contributed by atoms with van der Waals surface area (Å²) < 4.78 is 2.51. The largest absolute Gasteiger partial charge is 0.332 e. The van der Waals surface area contributed by atoms with Crippen LogP contribution in [0.1, 0.15) is 48.7 Å². The van der Waals surface area contributed by atoms with Gasteiger partial charge in [-0.05, 0) is 50.6 Å². The van der Waals surface area contributed by atoms with Crippen molar-refractivity contribution in [2.24, 2.45) is 5.92 Å². The van der Waals surface area contributed by atoms with Gasteiger partial charge >= 0.3 is 0 Å². The van der Waals surface area contributed by atoms with Crippen LogP contribution in [-0.4, -0.2) is 27.5 Å². The Morgan fingerprint density at radius 1 is 1.13 bits per heavy atom. The molecule has 122 valence electrons. The average Bonchev–Trinajstić information content (AvgIpc) is 3.35. The van der Waals surface area contributed by atoms with E-state index in [2.05, 4.69) is 57.9 Å². The Kier molecular flexibility index (Phi) is 4.21. The van der Waals surface area contributed by atoms with Crippen molar-refractivity contribution < 1.29 is 0 Å². The second kappa shape index (κ2) is 6.48. The molecule has 0 amide bonds. The summed E-state index contributed by atoms with van der Waals surface area (Å²) in [6, 6.07) is 10.9. The summed E-state index contributed by atoms with van der Waals surface area (Å²) in [5.41, 5.74) is 2.78. The van der Waals surface area contributed by atoms with Crippen molar-refractivity contribution in [3.05, 3.63) is 53.6 Å². The smallest absolute Gasteiger partial charge is 0.111 e. The first-order valence-electron chi connectivity index (χ1n) is 9.08. The molecule has 1 aromatic carbocycles. The van der Waals surface area contributed by atoms with E-state index in [1.54, 1.807) is 0 Å². The van der Waals surface area contributed by atoms with E-state index < -0.39 is 0 Å². The molecule has 1 atom stereocenters. The lowest BCUT2D eigenvalue weighted by Gasteiger charge is -2.33. The predicted molar refractivity (Wildman–Crippen MR) is 93.4 cm³/mol. The lowest BCUT2D eigenvalue weighted by Crippen LogP contribution is -2.36. The van der Waals surface area contributed by atoms with Crippen LogP contribution in [0.3, 0.4) is 0 Å². The van der Waals surface area contributed by atoms with Crippen LogP contribution in [0.2, 0.25) is 0 Å². The molecule has 2 heterocycles. The van der Waals surface area contributed by atoms with Crippen LogP contribution in [0.25, 0.3) is 0 Å². The zero-order valence-corrected chi connectivity index (χ0v) is 14.1. The molecule has 1 aliphatic heterocycles. The number of likely N-dealkylation sites (tertiary alicyclic amines) is 1. The summed E-state index contributed by atoms with van der Waals surface area (Å²) in [5.74, 6) is 2.85. The first kappa shape index (κ1) is 14.9. The highest BCUT2D eigenvalue weighted by atomic mass is 15.1. The molecule has 1 aromatic heterocycles. The Bertz CT molecular complexity index is 642. The molecule has 2 aliphatic rings. The van der Waals surface area contributed by atoms with E-state index in [0.717, 1.165) is 24.9 Å². The van der Waals surface area contributed by atoms with E-state index in [1.165, 1.54) is 55.9 Å². The van der Waals surface area contributed by atoms with Crippen molar-refractivity contribution in [3.63, 3.8) is 0 Å². The van der Waals surface area contributed by atoms with Gasteiger partial charge in [0.15, 0.2) is 0 Å². The third kappa shape index (κ3) is 3.50. The molecule has 0 N–H and O–H groups in total. The number of aromatic nitrogens is 2. The quantitative estimate of drug-likeness (QED) is 0.833. The van der Waals surface area contributed by atoms with E-state index in [-0.39, 0.29) is 0 Å². The molecule has 3 heteroatoms. The molecule has 1 unspecified atom stereocenters. The molecule has 1 saturated carbocycles. The lowest BCUT2D eigenvalue weighted by molar-refractivity contribution is 0.155. The SMILES string of the molecule is Cc1cnc(C2CC2)n1CC1CCCN(Cc2ccccc2)C1. The molecular formula is C20H27N3. The van der Waals surface area contributed by atoms with Crippen LogP contribution in [0.15, 0.2) is 36.5 Å². The van der Waals surface area contributed by atoms with Gasteiger partial charge < -0.3 is 4.57 Å². The molecule has 23 heavy (non-hydrogen) atoms. The van der Waals surface area contributed by atoms with Crippen molar-refractivity contribution in [1.82, 2.24) is 14.5 Å². The molecule has 0 radical (unpaired) electrons. The monoisotopic (exact) mass is 309 g/mol. The van der Waals surface area contributed by atoms with Gasteiger partial charge in [0.25, 0.3) is 0 Å². The first-order chi connectivity index (χ1) is 11.3. The Hall–Kier alpha value is -1.61. The maximum absolute atomic E-state index is 4.68. The Morgan fingerprint density at radius 2 is 1.96 bits per heavy atom. The topological polar surface area (TPSA) is 21.1 Å². The maximum atomic E-state index is 4.68. The van der Waals surface area contributed by atoms with E-state index in [9.17, 15) is 0 Å². The van der Waals surface area contributed by atoms with Crippen LogP contribution >= 0.6 is 0 Å². The van der Waals surface area contributed by atoms with Gasteiger partial charge in [-0.25, -0.2) is 4.98 Å². The minimum atomic E-state index is 0.743. The van der Waals surface area contributed by atoms with Gasteiger partial charge in [0, 0.05) is 37.4 Å². The van der Waals surface area contributed by atoms with Crippen LogP contribution in [0.5, 0.6) is 0 Å². The van der Waals surface area contributed by atoms with Gasteiger partial charge in [-0.1, -0.05) is 30.3 Å². The van der Waals surface area contributed by atoms with Gasteiger partial charge in [-0.3, -0.25) is 4.90 Å². The summed E-state index contributed by atoms with van der Waals surface area (Å²) >= 11 is 0. The Labute approximate surface area is 139 Å². The van der Waals surface area contributed by atoms with Gasteiger partial charge in [0.1, 0.15) is 5.82 Å².